The summed E-state index contributed by atoms with van der Waals surface area (Å²) in [5.41, 5.74) is 3.85. The molecule has 0 saturated carbocycles. The minimum atomic E-state index is -1.28. The van der Waals surface area contributed by atoms with E-state index in [2.05, 4.69) is 29.2 Å². The van der Waals surface area contributed by atoms with E-state index >= 15 is 0 Å². The summed E-state index contributed by atoms with van der Waals surface area (Å²) in [5, 5.41) is 8.70. The Morgan fingerprint density at radius 3 is 2.59 bits per heavy atom. The third-order valence-corrected chi connectivity index (χ3v) is 12.6. The van der Waals surface area contributed by atoms with Crippen molar-refractivity contribution in [2.45, 2.75) is 13.5 Å². The molecule has 0 spiro atoms. The van der Waals surface area contributed by atoms with Gasteiger partial charge in [-0.05, 0) is 0 Å². The molecule has 1 aliphatic heterocycles. The van der Waals surface area contributed by atoms with Gasteiger partial charge >= 0.3 is 189 Å². The van der Waals surface area contributed by atoms with E-state index in [9.17, 15) is 0 Å². The van der Waals surface area contributed by atoms with Gasteiger partial charge in [0.2, 0.25) is 0 Å². The fraction of sp³-hybridized carbons (Fsp3) is 0.316. The number of hydrogen-bond acceptors (Lipinski definition) is 4. The molecule has 2 heterocycles. The molecule has 0 bridgehead atoms. The van der Waals surface area contributed by atoms with Crippen molar-refractivity contribution in [3.05, 3.63) is 53.5 Å². The molecule has 4 nitrogen and oxygen atoms in total. The molecular weight excluding hydrogens is 609 g/mol. The summed E-state index contributed by atoms with van der Waals surface area (Å²) in [5.74, 6) is 0. The third kappa shape index (κ3) is 5.62. The summed E-state index contributed by atoms with van der Waals surface area (Å²) in [6, 6.07) is 3.89. The van der Waals surface area contributed by atoms with Crippen LogP contribution in [0.3, 0.4) is 0 Å². The van der Waals surface area contributed by atoms with Crippen LogP contribution in [0.1, 0.15) is 12.5 Å². The first-order chi connectivity index (χ1) is 13.1. The summed E-state index contributed by atoms with van der Waals surface area (Å²) in [4.78, 5) is 8.70. The van der Waals surface area contributed by atoms with Crippen LogP contribution >= 0.6 is 63.8 Å². The fourth-order valence-corrected chi connectivity index (χ4v) is 11.4. The predicted octanol–water partition coefficient (Wildman–Crippen LogP) is 5.20. The summed E-state index contributed by atoms with van der Waals surface area (Å²) < 4.78 is 10.3. The SMILES string of the molecule is C=I/C=C(NCc1cc2nccnc2cc1Cl)\C(=C(/C)Cl)I1CCNCC1. The average molecular weight is 631 g/mol. The molecule has 0 aliphatic carbocycles. The van der Waals surface area contributed by atoms with Crippen molar-refractivity contribution in [3.63, 3.8) is 0 Å². The molecule has 0 amide bonds. The molecule has 0 unspecified atom stereocenters. The van der Waals surface area contributed by atoms with Crippen molar-refractivity contribution in [3.8, 4) is 0 Å². The number of nitrogens with zero attached hydrogens (tertiary/aromatic N) is 2. The number of alkyl halides is 2. The maximum atomic E-state index is 6.56. The molecule has 146 valence electrons. The van der Waals surface area contributed by atoms with Gasteiger partial charge < -0.3 is 0 Å². The van der Waals surface area contributed by atoms with Crippen LogP contribution in [0.25, 0.3) is 11.0 Å². The van der Waals surface area contributed by atoms with Crippen LogP contribution in [-0.4, -0.2) is 36.4 Å². The zero-order valence-electron chi connectivity index (χ0n) is 15.0. The zero-order valence-corrected chi connectivity index (χ0v) is 20.9. The van der Waals surface area contributed by atoms with Crippen LogP contribution in [0.4, 0.5) is 0 Å². The molecular formula is C19H22Cl2I2N4. The van der Waals surface area contributed by atoms with Crippen LogP contribution in [0.2, 0.25) is 5.02 Å². The van der Waals surface area contributed by atoms with Crippen molar-refractivity contribution >= 4 is 79.3 Å². The Morgan fingerprint density at radius 2 is 1.96 bits per heavy atom. The van der Waals surface area contributed by atoms with Crippen LogP contribution in [0.5, 0.6) is 0 Å². The predicted molar refractivity (Wildman–Crippen MR) is 136 cm³/mol. The molecule has 27 heavy (non-hydrogen) atoms. The van der Waals surface area contributed by atoms with E-state index in [-0.39, 0.29) is 20.7 Å². The summed E-state index contributed by atoms with van der Waals surface area (Å²) >= 11 is 11.5. The van der Waals surface area contributed by atoms with Crippen LogP contribution in [-0.2, 0) is 6.54 Å². The molecule has 0 atom stereocenters. The first-order valence-electron chi connectivity index (χ1n) is 8.49. The Labute approximate surface area is 187 Å². The van der Waals surface area contributed by atoms with E-state index in [1.807, 2.05) is 19.1 Å². The van der Waals surface area contributed by atoms with Crippen molar-refractivity contribution in [2.24, 2.45) is 0 Å². The van der Waals surface area contributed by atoms with E-state index in [1.165, 1.54) is 18.1 Å². The number of aromatic nitrogens is 2. The second-order valence-corrected chi connectivity index (χ2v) is 14.3. The Balaban J connectivity index is 1.84. The molecule has 1 aromatic carbocycles. The van der Waals surface area contributed by atoms with Crippen LogP contribution in [0.15, 0.2) is 42.9 Å². The number of hydrogen-bond donors (Lipinski definition) is 2. The molecule has 1 aliphatic rings. The Bertz CT molecular complexity index is 888. The van der Waals surface area contributed by atoms with Gasteiger partial charge in [0.25, 0.3) is 0 Å². The van der Waals surface area contributed by atoms with Crippen molar-refractivity contribution < 1.29 is 0 Å². The van der Waals surface area contributed by atoms with Gasteiger partial charge in [-0.3, -0.25) is 0 Å². The second kappa shape index (κ2) is 10.5. The average Bonchev–Trinajstić information content (AvgIpc) is 2.67. The van der Waals surface area contributed by atoms with Gasteiger partial charge in [-0.15, -0.1) is 0 Å². The molecule has 1 saturated heterocycles. The number of benzene rings is 1. The van der Waals surface area contributed by atoms with Gasteiger partial charge in [-0.1, -0.05) is 0 Å². The Kier molecular flexibility index (Phi) is 8.31. The molecule has 8 heteroatoms. The number of allylic oxidation sites excluding steroid dienone is 2. The summed E-state index contributed by atoms with van der Waals surface area (Å²) in [6.07, 6.45) is 3.38. The van der Waals surface area contributed by atoms with Crippen LogP contribution < -0.4 is 10.6 Å². The molecule has 0 radical (unpaired) electrons. The Morgan fingerprint density at radius 1 is 1.30 bits per heavy atom. The topological polar surface area (TPSA) is 49.8 Å². The van der Waals surface area contributed by atoms with Gasteiger partial charge in [0.1, 0.15) is 0 Å². The molecule has 3 rings (SSSR count). The monoisotopic (exact) mass is 630 g/mol. The van der Waals surface area contributed by atoms with E-state index in [0.717, 1.165) is 34.7 Å². The van der Waals surface area contributed by atoms with Gasteiger partial charge in [-0.25, -0.2) is 0 Å². The Hall–Kier alpha value is -0.290. The van der Waals surface area contributed by atoms with E-state index in [0.29, 0.717) is 11.6 Å². The molecule has 2 aromatic rings. The minimum absolute atomic E-state index is 0.247. The quantitative estimate of drug-likeness (QED) is 0.262. The fourth-order valence-electron chi connectivity index (χ4n) is 2.88. The van der Waals surface area contributed by atoms with Crippen molar-refractivity contribution in [1.29, 1.82) is 0 Å². The number of fused-ring (bicyclic) bond motifs is 1. The molecule has 1 fully saturated rings. The zero-order chi connectivity index (χ0) is 19.2. The van der Waals surface area contributed by atoms with Gasteiger partial charge in [0.15, 0.2) is 0 Å². The van der Waals surface area contributed by atoms with Gasteiger partial charge in [0.05, 0.1) is 0 Å². The number of halogens is 4. The first-order valence-corrected chi connectivity index (χ1v) is 16.1. The maximum absolute atomic E-state index is 6.56. The second-order valence-electron chi connectivity index (χ2n) is 5.95. The third-order valence-electron chi connectivity index (χ3n) is 4.10. The summed E-state index contributed by atoms with van der Waals surface area (Å²) in [7, 11) is 0. The normalized spacial score (nSPS) is 17.7. The van der Waals surface area contributed by atoms with Crippen LogP contribution in [0, 0.1) is 0 Å². The van der Waals surface area contributed by atoms with E-state index < -0.39 is 19.8 Å². The van der Waals surface area contributed by atoms with Gasteiger partial charge in [0, 0.05) is 0 Å². The van der Waals surface area contributed by atoms with E-state index in [1.54, 1.807) is 12.4 Å². The first kappa shape index (κ1) is 21.4. The number of rotatable bonds is 6. The number of nitrogens with one attached hydrogen (secondary N) is 2. The molecule has 1 aromatic heterocycles. The van der Waals surface area contributed by atoms with Crippen molar-refractivity contribution in [2.75, 3.05) is 21.9 Å². The van der Waals surface area contributed by atoms with Crippen molar-refractivity contribution in [1.82, 2.24) is 20.6 Å². The van der Waals surface area contributed by atoms with E-state index in [4.69, 9.17) is 23.2 Å². The molecule has 2 N–H and O–H groups in total. The summed E-state index contributed by atoms with van der Waals surface area (Å²) in [6.45, 7) is 4.85. The van der Waals surface area contributed by atoms with Gasteiger partial charge in [-0.2, -0.15) is 0 Å². The standard InChI is InChI=1S/C19H22Cl2I2N4/c1-13(20)19(23-3-5-24-6-4-23)18(11-22-2)27-12-14-9-16-17(10-15(14)21)26-8-7-25-16/h7-11,24,27H,2-6,12H2,1H3/b18-11+,19-13-.